The van der Waals surface area contributed by atoms with Crippen molar-refractivity contribution in [2.75, 3.05) is 42.3 Å². The first-order chi connectivity index (χ1) is 17.5. The minimum atomic E-state index is -6.07. The molecule has 0 saturated carbocycles. The first-order valence-electron chi connectivity index (χ1n) is 11.3. The number of para-hydroxylation sites is 1. The second kappa shape index (κ2) is 9.88. The molecule has 0 aromatic heterocycles. The second-order valence-corrected chi connectivity index (χ2v) is 11.4. The highest BCUT2D eigenvalue weighted by Gasteiger charge is 2.74. The summed E-state index contributed by atoms with van der Waals surface area (Å²) in [6.45, 7) is 1.35. The van der Waals surface area contributed by atoms with E-state index >= 15 is 0 Å². The van der Waals surface area contributed by atoms with Gasteiger partial charge in [-0.3, -0.25) is 5.01 Å². The van der Waals surface area contributed by atoms with Crippen LogP contribution >= 0.6 is 11.6 Å². The van der Waals surface area contributed by atoms with E-state index < -0.39 is 46.2 Å². The van der Waals surface area contributed by atoms with Gasteiger partial charge >= 0.3 is 12.4 Å². The lowest BCUT2D eigenvalue weighted by atomic mass is 9.90. The molecule has 0 amide bonds. The van der Waals surface area contributed by atoms with Gasteiger partial charge in [-0.15, -0.1) is 0 Å². The monoisotopic (exact) mass is 584 g/mol. The van der Waals surface area contributed by atoms with Crippen LogP contribution < -0.4 is 9.91 Å². The molecule has 1 saturated heterocycles. The number of sulfonamides is 1. The van der Waals surface area contributed by atoms with Gasteiger partial charge in [-0.25, -0.2) is 8.42 Å². The molecule has 2 heterocycles. The molecule has 38 heavy (non-hydrogen) atoms. The van der Waals surface area contributed by atoms with Crippen molar-refractivity contribution in [3.8, 4) is 0 Å². The Morgan fingerprint density at radius 3 is 1.97 bits per heavy atom. The third-order valence-electron chi connectivity index (χ3n) is 6.60. The van der Waals surface area contributed by atoms with Crippen molar-refractivity contribution in [1.82, 2.24) is 4.31 Å². The Kier molecular flexibility index (Phi) is 7.40. The number of benzene rings is 2. The Balaban J connectivity index is 1.66. The van der Waals surface area contributed by atoms with Gasteiger partial charge in [0.2, 0.25) is 10.0 Å². The molecule has 208 valence electrons. The van der Waals surface area contributed by atoms with Crippen molar-refractivity contribution >= 4 is 38.7 Å². The van der Waals surface area contributed by atoms with Gasteiger partial charge in [-0.2, -0.15) is 35.7 Å². The highest BCUT2D eigenvalue weighted by Crippen LogP contribution is 2.49. The molecule has 2 aliphatic heterocycles. The molecule has 2 aromatic rings. The van der Waals surface area contributed by atoms with Crippen LogP contribution in [0.1, 0.15) is 18.0 Å². The number of anilines is 2. The van der Waals surface area contributed by atoms with E-state index in [9.17, 15) is 39.9 Å². The van der Waals surface area contributed by atoms with Gasteiger partial charge < -0.3 is 10.0 Å². The predicted molar refractivity (Wildman–Crippen MR) is 131 cm³/mol. The zero-order valence-corrected chi connectivity index (χ0v) is 21.4. The normalized spacial score (nSPS) is 20.1. The molecule has 4 rings (SSSR count). The zero-order valence-electron chi connectivity index (χ0n) is 19.8. The minimum absolute atomic E-state index is 0.0467. The third kappa shape index (κ3) is 5.18. The molecular weight excluding hydrogens is 562 g/mol. The van der Waals surface area contributed by atoms with Crippen LogP contribution in [-0.2, 0) is 10.0 Å². The minimum Gasteiger partial charge on any atom is -0.369 e. The molecule has 1 unspecified atom stereocenters. The van der Waals surface area contributed by atoms with Crippen LogP contribution in [0.4, 0.5) is 37.7 Å². The summed E-state index contributed by atoms with van der Waals surface area (Å²) >= 11 is 6.20. The Morgan fingerprint density at radius 1 is 0.921 bits per heavy atom. The summed E-state index contributed by atoms with van der Waals surface area (Å²) in [6, 6.07) is 11.1. The summed E-state index contributed by atoms with van der Waals surface area (Å²) in [4.78, 5) is 1.92. The van der Waals surface area contributed by atoms with Crippen LogP contribution in [0.5, 0.6) is 0 Å². The summed E-state index contributed by atoms with van der Waals surface area (Å²) < 4.78 is 106. The van der Waals surface area contributed by atoms with Crippen molar-refractivity contribution < 1.29 is 39.9 Å². The lowest BCUT2D eigenvalue weighted by Gasteiger charge is -2.35. The van der Waals surface area contributed by atoms with E-state index in [1.54, 1.807) is 30.3 Å². The van der Waals surface area contributed by atoms with Crippen molar-refractivity contribution in [3.63, 3.8) is 0 Å². The molecule has 1 N–H and O–H groups in total. The molecule has 0 radical (unpaired) electrons. The lowest BCUT2D eigenvalue weighted by molar-refractivity contribution is -0.338. The summed E-state index contributed by atoms with van der Waals surface area (Å²) in [6.07, 6.45) is -11.9. The summed E-state index contributed by atoms with van der Waals surface area (Å²) in [7, 11) is -3.33. The van der Waals surface area contributed by atoms with Gasteiger partial charge in [0, 0.05) is 38.3 Å². The average molecular weight is 585 g/mol. The zero-order chi connectivity index (χ0) is 28.1. The Bertz CT molecular complexity index is 1300. The molecule has 0 spiro atoms. The van der Waals surface area contributed by atoms with Gasteiger partial charge in [0.1, 0.15) is 0 Å². The number of halogens is 7. The van der Waals surface area contributed by atoms with Crippen molar-refractivity contribution in [2.24, 2.45) is 5.10 Å². The van der Waals surface area contributed by atoms with Crippen molar-refractivity contribution in [1.29, 1.82) is 0 Å². The van der Waals surface area contributed by atoms with Gasteiger partial charge in [0.15, 0.2) is 0 Å². The van der Waals surface area contributed by atoms with Gasteiger partial charge in [-0.05, 0) is 29.8 Å². The maximum absolute atomic E-state index is 13.6. The Morgan fingerprint density at radius 2 is 1.47 bits per heavy atom. The third-order valence-corrected chi connectivity index (χ3v) is 8.22. The first-order valence-corrected chi connectivity index (χ1v) is 13.5. The molecule has 15 heteroatoms. The number of alkyl halides is 6. The van der Waals surface area contributed by atoms with Crippen LogP contribution in [-0.4, -0.2) is 73.9 Å². The number of hydrazone groups is 1. The van der Waals surface area contributed by atoms with Crippen LogP contribution in [0, 0.1) is 0 Å². The molecule has 2 aromatic carbocycles. The van der Waals surface area contributed by atoms with Gasteiger partial charge in [0.05, 0.1) is 28.7 Å². The molecule has 0 bridgehead atoms. The van der Waals surface area contributed by atoms with Gasteiger partial charge in [0.25, 0.3) is 5.60 Å². The fourth-order valence-electron chi connectivity index (χ4n) is 4.52. The maximum atomic E-state index is 13.6. The van der Waals surface area contributed by atoms with Crippen molar-refractivity contribution in [3.05, 3.63) is 59.1 Å². The smallest absolute Gasteiger partial charge is 0.369 e. The quantitative estimate of drug-likeness (QED) is 0.521. The number of nitrogens with zero attached hydrogens (tertiary/aromatic N) is 4. The molecular formula is C23H23ClF6N4O3S. The molecule has 2 aliphatic rings. The highest BCUT2D eigenvalue weighted by atomic mass is 35.5. The number of piperazine rings is 1. The van der Waals surface area contributed by atoms with E-state index in [0.717, 1.165) is 11.3 Å². The van der Waals surface area contributed by atoms with E-state index in [-0.39, 0.29) is 23.8 Å². The summed E-state index contributed by atoms with van der Waals surface area (Å²) in [5.41, 5.74) is -5.53. The lowest BCUT2D eigenvalue weighted by Crippen LogP contribution is -2.62. The van der Waals surface area contributed by atoms with Crippen LogP contribution in [0.25, 0.3) is 0 Å². The van der Waals surface area contributed by atoms with Crippen LogP contribution in [0.3, 0.4) is 0 Å². The SMILES string of the molecule is CS(=O)(=O)N1CCN(c2ccc(C3CC(C(O)(C(F)(F)F)C(F)(F)F)=NN3c3ccccc3Cl)cc2)CC1. The van der Waals surface area contributed by atoms with E-state index in [0.29, 0.717) is 24.3 Å². The topological polar surface area (TPSA) is 76.5 Å². The van der Waals surface area contributed by atoms with Crippen LogP contribution in [0.2, 0.25) is 5.02 Å². The summed E-state index contributed by atoms with van der Waals surface area (Å²) in [5.74, 6) is 0. The second-order valence-electron chi connectivity index (χ2n) is 9.01. The largest absolute Gasteiger partial charge is 0.431 e. The fraction of sp³-hybridized carbons (Fsp3) is 0.435. The number of hydrogen-bond acceptors (Lipinski definition) is 6. The first kappa shape index (κ1) is 28.5. The predicted octanol–water partition coefficient (Wildman–Crippen LogP) is 4.58. The standard InChI is InChI=1S/C23H23ClF6N4O3S/c1-38(36,37)33-12-10-32(11-13-33)16-8-6-15(7-9-16)19-14-20(21(35,22(25,26)27)23(28,29)30)31-34(19)18-5-3-2-4-17(18)24/h2-9,19,35H,10-14H2,1H3. The number of aliphatic hydroxyl groups is 1. The van der Waals surface area contributed by atoms with Crippen LogP contribution in [0.15, 0.2) is 53.6 Å². The number of hydrogen-bond donors (Lipinski definition) is 1. The van der Waals surface area contributed by atoms with E-state index in [4.69, 9.17) is 11.6 Å². The fourth-order valence-corrected chi connectivity index (χ4v) is 5.57. The molecule has 7 nitrogen and oxygen atoms in total. The molecule has 1 atom stereocenters. The number of rotatable bonds is 5. The van der Waals surface area contributed by atoms with E-state index in [1.807, 2.05) is 4.90 Å². The van der Waals surface area contributed by atoms with E-state index in [1.165, 1.54) is 22.5 Å². The maximum Gasteiger partial charge on any atom is 0.431 e. The average Bonchev–Trinajstić information content (AvgIpc) is 3.27. The van der Waals surface area contributed by atoms with Gasteiger partial charge in [-0.1, -0.05) is 35.9 Å². The highest BCUT2D eigenvalue weighted by molar-refractivity contribution is 7.88. The van der Waals surface area contributed by atoms with E-state index in [2.05, 4.69) is 5.10 Å². The van der Waals surface area contributed by atoms with Crippen molar-refractivity contribution in [2.45, 2.75) is 30.4 Å². The summed E-state index contributed by atoms with van der Waals surface area (Å²) in [5, 5.41) is 14.6. The Labute approximate surface area is 219 Å². The Hall–Kier alpha value is -2.55. The molecule has 0 aliphatic carbocycles. The molecule has 1 fully saturated rings.